The quantitative estimate of drug-likeness (QED) is 0.622. The van der Waals surface area contributed by atoms with Crippen LogP contribution in [0.25, 0.3) is 0 Å². The number of nitrogens with zero attached hydrogens (tertiary/aromatic N) is 2. The molecule has 0 radical (unpaired) electrons. The number of ether oxygens (including phenoxy) is 1. The Morgan fingerprint density at radius 1 is 1.18 bits per heavy atom. The minimum absolute atomic E-state index is 0.00114. The smallest absolute Gasteiger partial charge is 0.325 e. The van der Waals surface area contributed by atoms with Gasteiger partial charge in [-0.25, -0.2) is 4.79 Å². The molecular formula is C19H30N4O4S. The van der Waals surface area contributed by atoms with Gasteiger partial charge in [0.1, 0.15) is 5.54 Å². The number of morpholine rings is 1. The van der Waals surface area contributed by atoms with Crippen molar-refractivity contribution in [2.24, 2.45) is 0 Å². The summed E-state index contributed by atoms with van der Waals surface area (Å²) >= 11 is 1.93. The number of carbonyl (C=O) groups is 3. The first kappa shape index (κ1) is 20.0. The van der Waals surface area contributed by atoms with Crippen molar-refractivity contribution in [3.05, 3.63) is 0 Å². The van der Waals surface area contributed by atoms with Gasteiger partial charge in [-0.3, -0.25) is 19.4 Å². The van der Waals surface area contributed by atoms with Crippen LogP contribution in [0, 0.1) is 0 Å². The van der Waals surface area contributed by atoms with Crippen LogP contribution in [0.15, 0.2) is 0 Å². The number of hydrogen-bond acceptors (Lipinski definition) is 6. The highest BCUT2D eigenvalue weighted by Crippen LogP contribution is 2.35. The minimum atomic E-state index is -0.699. The molecule has 9 heteroatoms. The molecule has 3 aliphatic heterocycles. The van der Waals surface area contributed by atoms with Crippen LogP contribution in [0.4, 0.5) is 4.79 Å². The Bertz CT molecular complexity index is 625. The van der Waals surface area contributed by atoms with Crippen molar-refractivity contribution in [2.75, 3.05) is 50.9 Å². The second kappa shape index (κ2) is 8.20. The number of hydrogen-bond donors (Lipinski definition) is 2. The lowest BCUT2D eigenvalue weighted by Gasteiger charge is -2.43. The lowest BCUT2D eigenvalue weighted by Crippen LogP contribution is -2.59. The molecule has 4 aliphatic rings. The average molecular weight is 411 g/mol. The van der Waals surface area contributed by atoms with E-state index in [-0.39, 0.29) is 36.3 Å². The second-order valence-electron chi connectivity index (χ2n) is 8.33. The molecule has 0 aromatic carbocycles. The molecule has 4 fully saturated rings. The summed E-state index contributed by atoms with van der Waals surface area (Å²) in [5.41, 5.74) is -0.701. The van der Waals surface area contributed by atoms with Crippen molar-refractivity contribution in [3.8, 4) is 0 Å². The molecule has 3 saturated heterocycles. The van der Waals surface area contributed by atoms with Crippen molar-refractivity contribution < 1.29 is 19.1 Å². The fourth-order valence-electron chi connectivity index (χ4n) is 4.90. The van der Waals surface area contributed by atoms with Gasteiger partial charge in [0.15, 0.2) is 0 Å². The molecule has 1 spiro atoms. The van der Waals surface area contributed by atoms with Gasteiger partial charge in [-0.1, -0.05) is 12.8 Å². The highest BCUT2D eigenvalue weighted by atomic mass is 32.2. The number of imide groups is 1. The topological polar surface area (TPSA) is 91.0 Å². The van der Waals surface area contributed by atoms with E-state index in [0.717, 1.165) is 57.1 Å². The average Bonchev–Trinajstić information content (AvgIpc) is 3.42. The van der Waals surface area contributed by atoms with Gasteiger partial charge in [-0.15, -0.1) is 0 Å². The Morgan fingerprint density at radius 2 is 1.93 bits per heavy atom. The van der Waals surface area contributed by atoms with E-state index in [2.05, 4.69) is 15.5 Å². The number of carbonyl (C=O) groups excluding carboxylic acids is 3. The summed E-state index contributed by atoms with van der Waals surface area (Å²) in [5.74, 6) is 1.87. The van der Waals surface area contributed by atoms with E-state index >= 15 is 0 Å². The van der Waals surface area contributed by atoms with E-state index in [1.807, 2.05) is 11.8 Å². The van der Waals surface area contributed by atoms with E-state index in [1.165, 1.54) is 4.90 Å². The molecule has 1 unspecified atom stereocenters. The van der Waals surface area contributed by atoms with Crippen molar-refractivity contribution in [1.82, 2.24) is 20.4 Å². The first-order valence-corrected chi connectivity index (χ1v) is 11.5. The van der Waals surface area contributed by atoms with Crippen LogP contribution in [-0.2, 0) is 14.3 Å². The van der Waals surface area contributed by atoms with Crippen molar-refractivity contribution in [2.45, 2.75) is 49.6 Å². The molecular weight excluding hydrogens is 380 g/mol. The SMILES string of the molecule is O=C(CCN1C(=O)NC2(CCCC2)C1=O)NCC1(N2CCOCC2)CCSC1. The second-order valence-corrected chi connectivity index (χ2v) is 9.43. The third kappa shape index (κ3) is 3.76. The number of urea groups is 1. The Morgan fingerprint density at radius 3 is 2.61 bits per heavy atom. The summed E-state index contributed by atoms with van der Waals surface area (Å²) in [6.07, 6.45) is 4.55. The van der Waals surface area contributed by atoms with Gasteiger partial charge in [0.05, 0.1) is 13.2 Å². The summed E-state index contributed by atoms with van der Waals surface area (Å²) < 4.78 is 5.47. The molecule has 156 valence electrons. The third-order valence-corrected chi connectivity index (χ3v) is 7.88. The van der Waals surface area contributed by atoms with Gasteiger partial charge in [0.25, 0.3) is 5.91 Å². The summed E-state index contributed by atoms with van der Waals surface area (Å²) in [5, 5.41) is 5.94. The number of rotatable bonds is 6. The Balaban J connectivity index is 1.28. The van der Waals surface area contributed by atoms with Gasteiger partial charge in [0.2, 0.25) is 5.91 Å². The molecule has 4 amide bonds. The normalized spacial score (nSPS) is 30.2. The zero-order valence-electron chi connectivity index (χ0n) is 16.3. The highest BCUT2D eigenvalue weighted by molar-refractivity contribution is 7.99. The first-order chi connectivity index (χ1) is 13.5. The third-order valence-electron chi connectivity index (χ3n) is 6.64. The molecule has 1 aliphatic carbocycles. The monoisotopic (exact) mass is 410 g/mol. The fourth-order valence-corrected chi connectivity index (χ4v) is 6.37. The van der Waals surface area contributed by atoms with Gasteiger partial charge in [0, 0.05) is 43.9 Å². The molecule has 3 heterocycles. The summed E-state index contributed by atoms with van der Waals surface area (Å²) in [6.45, 7) is 4.06. The minimum Gasteiger partial charge on any atom is -0.379 e. The molecule has 1 saturated carbocycles. The first-order valence-electron chi connectivity index (χ1n) is 10.4. The van der Waals surface area contributed by atoms with Gasteiger partial charge in [-0.2, -0.15) is 11.8 Å². The largest absolute Gasteiger partial charge is 0.379 e. The Hall–Kier alpha value is -1.32. The van der Waals surface area contributed by atoms with E-state index in [9.17, 15) is 14.4 Å². The standard InChI is InChI=1S/C19H30N4O4S/c24-15(3-7-23-16(25)19(21-17(23)26)4-1-2-5-19)20-13-18(6-12-28-14-18)22-8-10-27-11-9-22/h1-14H2,(H,20,24)(H,21,26). The molecule has 1 atom stereocenters. The predicted octanol–water partition coefficient (Wildman–Crippen LogP) is 0.565. The fraction of sp³-hybridized carbons (Fsp3) is 0.842. The van der Waals surface area contributed by atoms with Crippen LogP contribution in [0.1, 0.15) is 38.5 Å². The molecule has 8 nitrogen and oxygen atoms in total. The van der Waals surface area contributed by atoms with Crippen LogP contribution in [0.2, 0.25) is 0 Å². The summed E-state index contributed by atoms with van der Waals surface area (Å²) in [7, 11) is 0. The number of thioether (sulfide) groups is 1. The van der Waals surface area contributed by atoms with Gasteiger partial charge >= 0.3 is 6.03 Å². The predicted molar refractivity (Wildman–Crippen MR) is 106 cm³/mol. The molecule has 2 N–H and O–H groups in total. The zero-order chi connectivity index (χ0) is 19.6. The summed E-state index contributed by atoms with van der Waals surface area (Å²) in [4.78, 5) is 41.1. The van der Waals surface area contributed by atoms with Crippen LogP contribution in [0.3, 0.4) is 0 Å². The lowest BCUT2D eigenvalue weighted by atomic mass is 9.95. The lowest BCUT2D eigenvalue weighted by molar-refractivity contribution is -0.131. The molecule has 0 aromatic heterocycles. The Kier molecular flexibility index (Phi) is 5.85. The summed E-state index contributed by atoms with van der Waals surface area (Å²) in [6, 6.07) is -0.350. The van der Waals surface area contributed by atoms with Crippen LogP contribution < -0.4 is 10.6 Å². The van der Waals surface area contributed by atoms with E-state index < -0.39 is 5.54 Å². The molecule has 0 aromatic rings. The van der Waals surface area contributed by atoms with E-state index in [0.29, 0.717) is 19.4 Å². The molecule has 28 heavy (non-hydrogen) atoms. The maximum atomic E-state index is 12.7. The van der Waals surface area contributed by atoms with E-state index in [4.69, 9.17) is 4.74 Å². The van der Waals surface area contributed by atoms with E-state index in [1.54, 1.807) is 0 Å². The van der Waals surface area contributed by atoms with Crippen molar-refractivity contribution in [1.29, 1.82) is 0 Å². The van der Waals surface area contributed by atoms with Crippen LogP contribution >= 0.6 is 11.8 Å². The van der Waals surface area contributed by atoms with Crippen molar-refractivity contribution in [3.63, 3.8) is 0 Å². The maximum absolute atomic E-state index is 12.7. The number of amides is 4. The molecule has 4 rings (SSSR count). The number of nitrogens with one attached hydrogen (secondary N) is 2. The highest BCUT2D eigenvalue weighted by Gasteiger charge is 2.52. The van der Waals surface area contributed by atoms with Crippen LogP contribution in [-0.4, -0.2) is 89.6 Å². The van der Waals surface area contributed by atoms with Gasteiger partial charge in [-0.05, 0) is 25.0 Å². The van der Waals surface area contributed by atoms with Crippen LogP contribution in [0.5, 0.6) is 0 Å². The molecule has 0 bridgehead atoms. The Labute approximate surface area is 170 Å². The van der Waals surface area contributed by atoms with Gasteiger partial charge < -0.3 is 15.4 Å². The maximum Gasteiger partial charge on any atom is 0.325 e. The zero-order valence-corrected chi connectivity index (χ0v) is 17.2. The van der Waals surface area contributed by atoms with Crippen molar-refractivity contribution >= 4 is 29.6 Å².